The zero-order chi connectivity index (χ0) is 18.5. The Bertz CT molecular complexity index is 1360. The maximum absolute atomic E-state index is 13.3. The molecule has 0 aliphatic heterocycles. The molecule has 2 heterocycles. The minimum absolute atomic E-state index is 0.0199. The van der Waals surface area contributed by atoms with Crippen LogP contribution in [0.3, 0.4) is 0 Å². The number of anilines is 1. The Kier molecular flexibility index (Phi) is 3.52. The molecule has 0 aliphatic carbocycles. The van der Waals surface area contributed by atoms with Gasteiger partial charge in [-0.3, -0.25) is 9.20 Å². The third-order valence-electron chi connectivity index (χ3n) is 5.29. The summed E-state index contributed by atoms with van der Waals surface area (Å²) in [6.07, 6.45) is 0. The van der Waals surface area contributed by atoms with Crippen LogP contribution in [0.25, 0.3) is 38.2 Å². The summed E-state index contributed by atoms with van der Waals surface area (Å²) >= 11 is 0. The van der Waals surface area contributed by atoms with Crippen LogP contribution in [0.5, 0.6) is 0 Å². The summed E-state index contributed by atoms with van der Waals surface area (Å²) in [5.41, 5.74) is 3.47. The highest BCUT2D eigenvalue weighted by Gasteiger charge is 2.18. The molecular formula is C22H19N3O2. The second kappa shape index (κ2) is 5.93. The van der Waals surface area contributed by atoms with Crippen molar-refractivity contribution in [1.29, 1.82) is 0 Å². The number of methoxy groups -OCH3 is 1. The van der Waals surface area contributed by atoms with Gasteiger partial charge in [-0.1, -0.05) is 30.3 Å². The summed E-state index contributed by atoms with van der Waals surface area (Å²) in [4.78, 5) is 20.2. The first-order valence-electron chi connectivity index (χ1n) is 8.99. The van der Waals surface area contributed by atoms with Gasteiger partial charge >= 0.3 is 0 Å². The number of aromatic nitrogens is 2. The van der Waals surface area contributed by atoms with Crippen LogP contribution in [0.4, 0.5) is 5.69 Å². The highest BCUT2D eigenvalue weighted by Crippen LogP contribution is 2.34. The Morgan fingerprint density at radius 2 is 1.81 bits per heavy atom. The second-order valence-electron chi connectivity index (χ2n) is 6.84. The molecule has 0 bridgehead atoms. The molecular weight excluding hydrogens is 338 g/mol. The molecule has 3 aromatic carbocycles. The van der Waals surface area contributed by atoms with Gasteiger partial charge in [-0.2, -0.15) is 0 Å². The van der Waals surface area contributed by atoms with Crippen LogP contribution in [-0.2, 0) is 4.74 Å². The number of hydrogen-bond donors (Lipinski definition) is 0. The van der Waals surface area contributed by atoms with Crippen molar-refractivity contribution in [3.63, 3.8) is 0 Å². The van der Waals surface area contributed by atoms with E-state index in [-0.39, 0.29) is 5.56 Å². The highest BCUT2D eigenvalue weighted by molar-refractivity contribution is 6.18. The van der Waals surface area contributed by atoms with Crippen LogP contribution in [0.2, 0.25) is 0 Å². The van der Waals surface area contributed by atoms with E-state index in [4.69, 9.17) is 9.72 Å². The molecule has 5 aromatic rings. The lowest BCUT2D eigenvalue weighted by molar-refractivity contribution is 0.206. The smallest absolute Gasteiger partial charge is 0.264 e. The van der Waals surface area contributed by atoms with E-state index in [0.29, 0.717) is 6.61 Å². The summed E-state index contributed by atoms with van der Waals surface area (Å²) in [6.45, 7) is 1.43. The summed E-state index contributed by atoms with van der Waals surface area (Å²) < 4.78 is 6.95. The number of likely N-dealkylation sites (N-methyl/N-ethyl adjacent to an activating group) is 1. The lowest BCUT2D eigenvalue weighted by Crippen LogP contribution is -2.22. The molecule has 0 fully saturated rings. The fourth-order valence-electron chi connectivity index (χ4n) is 3.97. The number of benzene rings is 3. The van der Waals surface area contributed by atoms with Gasteiger partial charge in [0.1, 0.15) is 5.65 Å². The topological polar surface area (TPSA) is 46.8 Å². The first kappa shape index (κ1) is 16.0. The minimum atomic E-state index is -0.0199. The molecule has 0 spiro atoms. The molecule has 0 radical (unpaired) electrons. The lowest BCUT2D eigenvalue weighted by atomic mass is 10.0. The van der Waals surface area contributed by atoms with Gasteiger partial charge in [0.2, 0.25) is 0 Å². The Hall–Kier alpha value is -3.18. The third-order valence-corrected chi connectivity index (χ3v) is 5.29. The van der Waals surface area contributed by atoms with Crippen molar-refractivity contribution < 1.29 is 4.74 Å². The molecule has 2 aromatic heterocycles. The molecule has 27 heavy (non-hydrogen) atoms. The number of ether oxygens (including phenoxy) is 1. The third kappa shape index (κ3) is 2.22. The second-order valence-corrected chi connectivity index (χ2v) is 6.84. The predicted molar refractivity (Wildman–Crippen MR) is 110 cm³/mol. The molecule has 5 heteroatoms. The van der Waals surface area contributed by atoms with Crippen LogP contribution in [0, 0.1) is 0 Å². The summed E-state index contributed by atoms with van der Waals surface area (Å²) in [6, 6.07) is 17.9. The molecule has 5 rings (SSSR count). The van der Waals surface area contributed by atoms with Crippen LogP contribution in [0.15, 0.2) is 59.4 Å². The molecule has 0 unspecified atom stereocenters. The van der Waals surface area contributed by atoms with Gasteiger partial charge in [0.25, 0.3) is 5.56 Å². The predicted octanol–water partition coefficient (Wildman–Crippen LogP) is 3.67. The van der Waals surface area contributed by atoms with Crippen LogP contribution < -0.4 is 10.5 Å². The fourth-order valence-corrected chi connectivity index (χ4v) is 3.97. The molecule has 0 aliphatic rings. The van der Waals surface area contributed by atoms with Crippen molar-refractivity contribution >= 4 is 43.9 Å². The van der Waals surface area contributed by atoms with E-state index in [2.05, 4.69) is 17.0 Å². The maximum Gasteiger partial charge on any atom is 0.264 e. The molecule has 134 valence electrons. The number of pyridine rings is 1. The Morgan fingerprint density at radius 3 is 2.67 bits per heavy atom. The lowest BCUT2D eigenvalue weighted by Gasteiger charge is -2.21. The monoisotopic (exact) mass is 357 g/mol. The van der Waals surface area contributed by atoms with E-state index in [1.807, 2.05) is 49.5 Å². The number of rotatable bonds is 4. The number of imidazole rings is 1. The summed E-state index contributed by atoms with van der Waals surface area (Å²) in [5, 5.41) is 3.77. The molecule has 0 N–H and O–H groups in total. The van der Waals surface area contributed by atoms with E-state index in [1.54, 1.807) is 11.5 Å². The van der Waals surface area contributed by atoms with Crippen LogP contribution in [0.1, 0.15) is 0 Å². The Morgan fingerprint density at radius 1 is 1.00 bits per heavy atom. The van der Waals surface area contributed by atoms with Crippen LogP contribution in [-0.4, -0.2) is 36.7 Å². The van der Waals surface area contributed by atoms with Gasteiger partial charge in [0.05, 0.1) is 17.6 Å². The highest BCUT2D eigenvalue weighted by atomic mass is 16.5. The maximum atomic E-state index is 13.3. The zero-order valence-electron chi connectivity index (χ0n) is 15.3. The molecule has 0 saturated carbocycles. The first-order valence-corrected chi connectivity index (χ1v) is 8.99. The summed E-state index contributed by atoms with van der Waals surface area (Å²) in [7, 11) is 3.75. The van der Waals surface area contributed by atoms with E-state index < -0.39 is 0 Å². The first-order chi connectivity index (χ1) is 13.2. The number of hydrogen-bond acceptors (Lipinski definition) is 4. The van der Waals surface area contributed by atoms with Gasteiger partial charge in [-0.05, 0) is 24.3 Å². The van der Waals surface area contributed by atoms with Crippen molar-refractivity contribution in [3.05, 3.63) is 65.0 Å². The normalized spacial score (nSPS) is 11.9. The van der Waals surface area contributed by atoms with Crippen LogP contribution >= 0.6 is 0 Å². The van der Waals surface area contributed by atoms with E-state index in [1.165, 1.54) is 0 Å². The average molecular weight is 357 g/mol. The van der Waals surface area contributed by atoms with Crippen molar-refractivity contribution in [3.8, 4) is 0 Å². The SMILES string of the molecule is COCCN(C)c1ccc2c(=O)n3c4ccccc4nc3c3cccc1c23. The van der Waals surface area contributed by atoms with Crippen molar-refractivity contribution in [2.24, 2.45) is 0 Å². The molecule has 0 amide bonds. The number of para-hydroxylation sites is 2. The van der Waals surface area contributed by atoms with Crippen molar-refractivity contribution in [2.45, 2.75) is 0 Å². The van der Waals surface area contributed by atoms with E-state index in [9.17, 15) is 4.79 Å². The van der Waals surface area contributed by atoms with Gasteiger partial charge in [-0.15, -0.1) is 0 Å². The van der Waals surface area contributed by atoms with E-state index in [0.717, 1.165) is 50.5 Å². The van der Waals surface area contributed by atoms with Gasteiger partial charge in [0, 0.05) is 47.9 Å². The van der Waals surface area contributed by atoms with E-state index >= 15 is 0 Å². The minimum Gasteiger partial charge on any atom is -0.383 e. The summed E-state index contributed by atoms with van der Waals surface area (Å²) in [5.74, 6) is 0. The Labute approximate surface area is 155 Å². The van der Waals surface area contributed by atoms with Gasteiger partial charge in [0.15, 0.2) is 0 Å². The standard InChI is InChI=1S/C22H19N3O2/c1-24(12-13-27-2)18-11-10-16-20-14(18)6-5-7-15(20)21-23-17-8-3-4-9-19(17)25(21)22(16)26/h3-11H,12-13H2,1-2H3. The van der Waals surface area contributed by atoms with Gasteiger partial charge in [-0.25, -0.2) is 4.98 Å². The van der Waals surface area contributed by atoms with Gasteiger partial charge < -0.3 is 9.64 Å². The van der Waals surface area contributed by atoms with Crippen molar-refractivity contribution in [2.75, 3.05) is 32.2 Å². The quantitative estimate of drug-likeness (QED) is 0.492. The fraction of sp³-hybridized carbons (Fsp3) is 0.182. The molecule has 5 nitrogen and oxygen atoms in total. The number of nitrogens with zero attached hydrogens (tertiary/aromatic N) is 3. The molecule has 0 saturated heterocycles. The average Bonchev–Trinajstić information content (AvgIpc) is 3.09. The molecule has 0 atom stereocenters. The number of fused-ring (bicyclic) bond motifs is 4. The largest absolute Gasteiger partial charge is 0.383 e. The van der Waals surface area contributed by atoms with Crippen molar-refractivity contribution in [1.82, 2.24) is 9.38 Å². The zero-order valence-corrected chi connectivity index (χ0v) is 15.3. The Balaban J connectivity index is 1.93.